The number of benzene rings is 1. The topological polar surface area (TPSA) is 190 Å². The first-order valence-corrected chi connectivity index (χ1v) is 12.6. The summed E-state index contributed by atoms with van der Waals surface area (Å²) in [7, 11) is -4.32. The van der Waals surface area contributed by atoms with Crippen molar-refractivity contribution in [2.45, 2.75) is 19.3 Å². The molecule has 4 rings (SSSR count). The molecule has 2 N–H and O–H groups in total. The van der Waals surface area contributed by atoms with Gasteiger partial charge in [0.15, 0.2) is 10.4 Å². The number of aryl methyl sites for hydroxylation is 1. The van der Waals surface area contributed by atoms with Crippen LogP contribution in [-0.4, -0.2) is 30.2 Å². The van der Waals surface area contributed by atoms with E-state index >= 15 is 0 Å². The molecule has 208 valence electrons. The van der Waals surface area contributed by atoms with Gasteiger partial charge in [-0.3, -0.25) is 28.8 Å². The summed E-state index contributed by atoms with van der Waals surface area (Å²) in [5, 5.41) is 4.75. The molecule has 0 unspecified atom stereocenters. The molecule has 0 bridgehead atoms. The molecule has 22 heteroatoms. The second-order valence-corrected chi connectivity index (χ2v) is 9.69. The normalized spacial score (nSPS) is 12.3. The van der Waals surface area contributed by atoms with Gasteiger partial charge in [0.2, 0.25) is 0 Å². The third-order valence-corrected chi connectivity index (χ3v) is 6.48. The van der Waals surface area contributed by atoms with E-state index in [4.69, 9.17) is 0 Å². The standard InChI is InChI=1S/C19H14F5N6O7PS.2Na/c1-29-9(12-15(28-29)26-17(33)27-16(12)32)4-11(31)25-18-30(6-37-38(34,35)36)10(5-39-18)7-2-3-8(20)13(14(7)21)19(22,23)24;;/h2-3,5H,4,6H2,1H3,(H2,34,35,36)(H2,26,27,28,32,33);;/q;2*+1/p-2. The Morgan fingerprint density at radius 1 is 1.20 bits per heavy atom. The zero-order chi connectivity index (χ0) is 28.9. The maximum absolute atomic E-state index is 14.8. The fraction of sp³-hybridized carbons (Fsp3) is 0.211. The van der Waals surface area contributed by atoms with Crippen molar-refractivity contribution < 1.29 is 105 Å². The number of aromatic amines is 2. The van der Waals surface area contributed by atoms with Crippen LogP contribution >= 0.6 is 19.2 Å². The molecule has 0 aliphatic heterocycles. The summed E-state index contributed by atoms with van der Waals surface area (Å²) in [6.07, 6.45) is -6.04. The van der Waals surface area contributed by atoms with Crippen LogP contribution in [0.15, 0.2) is 32.1 Å². The molecule has 0 aliphatic carbocycles. The minimum atomic E-state index is -5.67. The number of H-pyrrole nitrogens is 2. The van der Waals surface area contributed by atoms with Crippen molar-refractivity contribution >= 4 is 36.1 Å². The Balaban J connectivity index is 0.00000294. The molecule has 4 aromatic rings. The maximum Gasteiger partial charge on any atom is 1.00 e. The number of rotatable bonds is 6. The largest absolute Gasteiger partial charge is 1.00 e. The number of thiazole rings is 1. The minimum absolute atomic E-state index is 0. The van der Waals surface area contributed by atoms with Gasteiger partial charge in [0.1, 0.15) is 29.3 Å². The van der Waals surface area contributed by atoms with Crippen molar-refractivity contribution in [2.75, 3.05) is 0 Å². The fourth-order valence-electron chi connectivity index (χ4n) is 3.58. The Morgan fingerprint density at radius 2 is 1.85 bits per heavy atom. The number of fused-ring (bicyclic) bond motifs is 1. The van der Waals surface area contributed by atoms with Crippen molar-refractivity contribution in [1.29, 1.82) is 0 Å². The molecule has 3 aromatic heterocycles. The molecule has 41 heavy (non-hydrogen) atoms. The van der Waals surface area contributed by atoms with Crippen molar-refractivity contribution in [3.05, 3.63) is 66.0 Å². The molecule has 3 heterocycles. The summed E-state index contributed by atoms with van der Waals surface area (Å²) >= 11 is 0.524. The van der Waals surface area contributed by atoms with Crippen molar-refractivity contribution in [3.63, 3.8) is 0 Å². The van der Waals surface area contributed by atoms with Crippen LogP contribution in [0.4, 0.5) is 22.0 Å². The number of carbonyl (C=O) groups excluding carboxylic acids is 1. The number of nitrogens with one attached hydrogen (secondary N) is 2. The van der Waals surface area contributed by atoms with Gasteiger partial charge < -0.3 is 18.9 Å². The first-order chi connectivity index (χ1) is 18.1. The Bertz CT molecular complexity index is 1860. The van der Waals surface area contributed by atoms with E-state index in [1.807, 2.05) is 4.98 Å². The van der Waals surface area contributed by atoms with Crippen LogP contribution in [0.3, 0.4) is 0 Å². The summed E-state index contributed by atoms with van der Waals surface area (Å²) in [5.41, 5.74) is -5.46. The first kappa shape index (κ1) is 35.4. The molecular weight excluding hydrogens is 628 g/mol. The molecule has 1 aromatic carbocycles. The van der Waals surface area contributed by atoms with Crippen LogP contribution in [0, 0.1) is 11.6 Å². The van der Waals surface area contributed by atoms with Gasteiger partial charge in [-0.05, 0) is 12.1 Å². The number of halogens is 5. The Labute approximate surface area is 271 Å². The molecule has 0 fully saturated rings. The fourth-order valence-corrected chi connectivity index (χ4v) is 4.74. The predicted molar refractivity (Wildman–Crippen MR) is 118 cm³/mol. The van der Waals surface area contributed by atoms with Gasteiger partial charge in [-0.15, -0.1) is 11.3 Å². The van der Waals surface area contributed by atoms with Crippen LogP contribution < -0.4 is 85.0 Å². The smallest absolute Gasteiger partial charge is 0.790 e. The summed E-state index contributed by atoms with van der Waals surface area (Å²) in [6.45, 7) is -1.22. The molecule has 1 amide bonds. The van der Waals surface area contributed by atoms with E-state index in [1.54, 1.807) is 0 Å². The molecule has 0 spiro atoms. The number of hydrogen-bond donors (Lipinski definition) is 2. The van der Waals surface area contributed by atoms with Gasteiger partial charge in [0.05, 0.1) is 25.6 Å². The number of alkyl halides is 3. The van der Waals surface area contributed by atoms with Crippen LogP contribution in [0.1, 0.15) is 11.3 Å². The Hall–Kier alpha value is -1.77. The average Bonchev–Trinajstić information content (AvgIpc) is 3.31. The number of phosphoric ester groups is 1. The van der Waals surface area contributed by atoms with Gasteiger partial charge in [0, 0.05) is 18.0 Å². The van der Waals surface area contributed by atoms with Crippen molar-refractivity contribution in [3.8, 4) is 11.3 Å². The van der Waals surface area contributed by atoms with E-state index in [1.165, 1.54) is 7.05 Å². The van der Waals surface area contributed by atoms with E-state index in [2.05, 4.69) is 19.6 Å². The van der Waals surface area contributed by atoms with Gasteiger partial charge in [-0.25, -0.2) is 13.6 Å². The summed E-state index contributed by atoms with van der Waals surface area (Å²) < 4.78 is 85.2. The molecule has 0 aliphatic rings. The van der Waals surface area contributed by atoms with Crippen molar-refractivity contribution in [2.24, 2.45) is 12.0 Å². The molecule has 0 saturated carbocycles. The summed E-state index contributed by atoms with van der Waals surface area (Å²) in [5.74, 6) is -4.96. The van der Waals surface area contributed by atoms with E-state index in [9.17, 15) is 50.7 Å². The van der Waals surface area contributed by atoms with Gasteiger partial charge in [0.25, 0.3) is 11.5 Å². The zero-order valence-corrected chi connectivity index (χ0v) is 26.7. The van der Waals surface area contributed by atoms with Crippen molar-refractivity contribution in [1.82, 2.24) is 24.3 Å². The second kappa shape index (κ2) is 13.3. The second-order valence-electron chi connectivity index (χ2n) is 7.70. The summed E-state index contributed by atoms with van der Waals surface area (Å²) in [6, 6.07) is 0.959. The van der Waals surface area contributed by atoms with E-state index in [0.717, 1.165) is 10.1 Å². The number of aromatic nitrogens is 5. The van der Waals surface area contributed by atoms with Gasteiger partial charge in [-0.2, -0.15) is 23.3 Å². The number of hydrogen-bond acceptors (Lipinski definition) is 9. The van der Waals surface area contributed by atoms with E-state index in [0.29, 0.717) is 28.0 Å². The van der Waals surface area contributed by atoms with Gasteiger partial charge >= 0.3 is 71.0 Å². The number of phosphoric acid groups is 1. The zero-order valence-electron chi connectivity index (χ0n) is 21.0. The Kier molecular flexibility index (Phi) is 11.5. The first-order valence-electron chi connectivity index (χ1n) is 10.2. The SMILES string of the molecule is Cn1nc2[nH]c(=O)[nH]c(=O)c2c1CC(=O)N=c1scc(-c2ccc(F)c(C(F)(F)F)c2F)n1COP(=O)([O-])[O-].[Na+].[Na+]. The molecule has 13 nitrogen and oxygen atoms in total. The third kappa shape index (κ3) is 7.80. The average molecular weight is 640 g/mol. The van der Waals surface area contributed by atoms with Crippen LogP contribution in [0.5, 0.6) is 0 Å². The van der Waals surface area contributed by atoms with Crippen LogP contribution in [0.25, 0.3) is 22.3 Å². The third-order valence-electron chi connectivity index (χ3n) is 5.18. The number of carbonyl (C=O) groups is 1. The quantitative estimate of drug-likeness (QED) is 0.118. The van der Waals surface area contributed by atoms with E-state index in [-0.39, 0.29) is 75.8 Å². The van der Waals surface area contributed by atoms with Crippen LogP contribution in [0.2, 0.25) is 0 Å². The summed E-state index contributed by atoms with van der Waals surface area (Å²) in [4.78, 5) is 66.0. The predicted octanol–water partition coefficient (Wildman–Crippen LogP) is -5.74. The number of amides is 1. The molecular formula is C19H12F5N6Na2O7PS. The minimum Gasteiger partial charge on any atom is -0.790 e. The molecule has 0 radical (unpaired) electrons. The molecule has 0 saturated heterocycles. The van der Waals surface area contributed by atoms with E-state index < -0.39 is 77.6 Å². The monoisotopic (exact) mass is 640 g/mol. The van der Waals surface area contributed by atoms with Crippen LogP contribution in [-0.2, 0) is 40.3 Å². The Morgan fingerprint density at radius 3 is 2.46 bits per heavy atom. The number of nitrogens with zero attached hydrogens (tertiary/aromatic N) is 4. The molecule has 0 atom stereocenters. The van der Waals surface area contributed by atoms with Gasteiger partial charge in [-0.1, -0.05) is 0 Å². The maximum atomic E-state index is 14.8.